The van der Waals surface area contributed by atoms with Crippen molar-refractivity contribution in [1.29, 1.82) is 0 Å². The number of carbonyl (C=O) groups excluding carboxylic acids is 1. The summed E-state index contributed by atoms with van der Waals surface area (Å²) in [4.78, 5) is 27.6. The van der Waals surface area contributed by atoms with Gasteiger partial charge in [0.2, 0.25) is 0 Å². The summed E-state index contributed by atoms with van der Waals surface area (Å²) >= 11 is 4.95. The smallest absolute Gasteiger partial charge is 0.269 e. The molecule has 1 aliphatic rings. The Morgan fingerprint density at radius 3 is 2.03 bits per heavy atom. The standard InChI is InChI=1S/C29H19BrN2O3S/c30-23-8-6-20(7-9-23)18-22-19-28(21-4-2-1-3-5-21)31(29(22)33)24-10-14-26(15-11-24)36-27-16-12-25(13-17-27)32(34)35/h1-19H/b22-18+. The maximum absolute atomic E-state index is 13.6. The van der Waals surface area contributed by atoms with E-state index in [1.807, 2.05) is 91.0 Å². The van der Waals surface area contributed by atoms with Gasteiger partial charge in [-0.3, -0.25) is 19.8 Å². The van der Waals surface area contributed by atoms with Crippen molar-refractivity contribution in [3.05, 3.63) is 140 Å². The van der Waals surface area contributed by atoms with Gasteiger partial charge in [-0.25, -0.2) is 0 Å². The first kappa shape index (κ1) is 23.8. The number of non-ortho nitro benzene ring substituents is 1. The molecule has 5 rings (SSSR count). The van der Waals surface area contributed by atoms with Crippen LogP contribution in [-0.4, -0.2) is 10.8 Å². The molecule has 5 nitrogen and oxygen atoms in total. The number of hydrogen-bond donors (Lipinski definition) is 0. The fourth-order valence-corrected chi connectivity index (χ4v) is 4.95. The Morgan fingerprint density at radius 2 is 1.42 bits per heavy atom. The topological polar surface area (TPSA) is 63.5 Å². The van der Waals surface area contributed by atoms with E-state index in [1.54, 1.807) is 17.0 Å². The van der Waals surface area contributed by atoms with Gasteiger partial charge >= 0.3 is 0 Å². The van der Waals surface area contributed by atoms with Gasteiger partial charge in [0.05, 0.1) is 10.6 Å². The quantitative estimate of drug-likeness (QED) is 0.138. The van der Waals surface area contributed by atoms with E-state index in [9.17, 15) is 14.9 Å². The number of halogens is 1. The van der Waals surface area contributed by atoms with E-state index < -0.39 is 4.92 Å². The minimum absolute atomic E-state index is 0.0643. The van der Waals surface area contributed by atoms with Gasteiger partial charge in [-0.15, -0.1) is 0 Å². The molecular formula is C29H19BrN2O3S. The van der Waals surface area contributed by atoms with Gasteiger partial charge in [-0.05, 0) is 71.8 Å². The monoisotopic (exact) mass is 554 g/mol. The third kappa shape index (κ3) is 5.17. The summed E-state index contributed by atoms with van der Waals surface area (Å²) in [6, 6.07) is 31.9. The van der Waals surface area contributed by atoms with Crippen LogP contribution in [0.5, 0.6) is 0 Å². The summed E-state index contributed by atoms with van der Waals surface area (Å²) in [6.45, 7) is 0. The molecule has 1 amide bonds. The van der Waals surface area contributed by atoms with Gasteiger partial charge in [0, 0.05) is 37.7 Å². The lowest BCUT2D eigenvalue weighted by atomic mass is 10.1. The zero-order valence-electron chi connectivity index (χ0n) is 18.9. The molecule has 1 aliphatic heterocycles. The molecular weight excluding hydrogens is 536 g/mol. The average Bonchev–Trinajstić information content (AvgIpc) is 3.22. The van der Waals surface area contributed by atoms with Crippen LogP contribution >= 0.6 is 27.7 Å². The highest BCUT2D eigenvalue weighted by molar-refractivity contribution is 9.10. The molecule has 0 aromatic heterocycles. The van der Waals surface area contributed by atoms with Gasteiger partial charge in [0.25, 0.3) is 11.6 Å². The first-order valence-electron chi connectivity index (χ1n) is 11.1. The molecule has 0 aliphatic carbocycles. The Morgan fingerprint density at radius 1 is 0.806 bits per heavy atom. The lowest BCUT2D eigenvalue weighted by molar-refractivity contribution is -0.384. The van der Waals surface area contributed by atoms with Crippen LogP contribution in [0.1, 0.15) is 11.1 Å². The lowest BCUT2D eigenvalue weighted by Gasteiger charge is -2.21. The van der Waals surface area contributed by atoms with E-state index in [4.69, 9.17) is 0 Å². The summed E-state index contributed by atoms with van der Waals surface area (Å²) < 4.78 is 0.983. The zero-order valence-corrected chi connectivity index (χ0v) is 21.3. The van der Waals surface area contributed by atoms with Crippen molar-refractivity contribution in [3.8, 4) is 0 Å². The lowest BCUT2D eigenvalue weighted by Crippen LogP contribution is -2.24. The molecule has 0 N–H and O–H groups in total. The Bertz CT molecular complexity index is 1480. The van der Waals surface area contributed by atoms with Crippen molar-refractivity contribution in [3.63, 3.8) is 0 Å². The highest BCUT2D eigenvalue weighted by Crippen LogP contribution is 2.37. The Balaban J connectivity index is 1.44. The third-order valence-electron chi connectivity index (χ3n) is 5.62. The van der Waals surface area contributed by atoms with Gasteiger partial charge < -0.3 is 0 Å². The van der Waals surface area contributed by atoms with E-state index >= 15 is 0 Å². The number of hydrogen-bond acceptors (Lipinski definition) is 4. The Labute approximate surface area is 221 Å². The fourth-order valence-electron chi connectivity index (χ4n) is 3.87. The molecule has 0 unspecified atom stereocenters. The van der Waals surface area contributed by atoms with Gasteiger partial charge in [0.15, 0.2) is 0 Å². The van der Waals surface area contributed by atoms with Crippen LogP contribution in [0.3, 0.4) is 0 Å². The molecule has 0 spiro atoms. The third-order valence-corrected chi connectivity index (χ3v) is 7.17. The number of nitro benzene ring substituents is 1. The summed E-state index contributed by atoms with van der Waals surface area (Å²) in [7, 11) is 0. The van der Waals surface area contributed by atoms with Gasteiger partial charge in [-0.1, -0.05) is 70.2 Å². The maximum atomic E-state index is 13.6. The van der Waals surface area contributed by atoms with Crippen molar-refractivity contribution >= 4 is 56.7 Å². The van der Waals surface area contributed by atoms with Crippen LogP contribution in [0.25, 0.3) is 11.8 Å². The summed E-state index contributed by atoms with van der Waals surface area (Å²) in [5.41, 5.74) is 4.16. The molecule has 0 saturated heterocycles. The van der Waals surface area contributed by atoms with Crippen molar-refractivity contribution in [1.82, 2.24) is 0 Å². The SMILES string of the molecule is O=C1/C(=C/c2ccc(Br)cc2)C=C(c2ccccc2)N1c1ccc(Sc2ccc([N+](=O)[O-])cc2)cc1. The fraction of sp³-hybridized carbons (Fsp3) is 0. The largest absolute Gasteiger partial charge is 0.276 e. The van der Waals surface area contributed by atoms with Crippen LogP contribution in [0.2, 0.25) is 0 Å². The summed E-state index contributed by atoms with van der Waals surface area (Å²) in [5, 5.41) is 10.9. The number of carbonyl (C=O) groups is 1. The van der Waals surface area contributed by atoms with Gasteiger partial charge in [-0.2, -0.15) is 0 Å². The highest BCUT2D eigenvalue weighted by atomic mass is 79.9. The van der Waals surface area contributed by atoms with Crippen LogP contribution in [-0.2, 0) is 4.79 Å². The number of nitro groups is 1. The molecule has 0 fully saturated rings. The first-order valence-corrected chi connectivity index (χ1v) is 12.7. The molecule has 0 atom stereocenters. The van der Waals surface area contributed by atoms with E-state index in [2.05, 4.69) is 15.9 Å². The van der Waals surface area contributed by atoms with Crippen molar-refractivity contribution in [2.45, 2.75) is 9.79 Å². The number of benzene rings is 4. The average molecular weight is 555 g/mol. The Hall–Kier alpha value is -3.94. The van der Waals surface area contributed by atoms with E-state index in [0.717, 1.165) is 36.8 Å². The van der Waals surface area contributed by atoms with Crippen LogP contribution in [0, 0.1) is 10.1 Å². The molecule has 4 aromatic carbocycles. The molecule has 1 heterocycles. The number of amides is 1. The second-order valence-corrected chi connectivity index (χ2v) is 10.1. The molecule has 36 heavy (non-hydrogen) atoms. The number of nitrogens with zero attached hydrogens (tertiary/aromatic N) is 2. The molecule has 176 valence electrons. The predicted molar refractivity (Wildman–Crippen MR) is 148 cm³/mol. The summed E-state index contributed by atoms with van der Waals surface area (Å²) in [6.07, 6.45) is 3.83. The van der Waals surface area contributed by atoms with E-state index in [0.29, 0.717) is 5.57 Å². The van der Waals surface area contributed by atoms with Crippen LogP contribution in [0.4, 0.5) is 11.4 Å². The van der Waals surface area contributed by atoms with Crippen LogP contribution < -0.4 is 4.90 Å². The predicted octanol–water partition coefficient (Wildman–Crippen LogP) is 7.98. The minimum Gasteiger partial charge on any atom is -0.276 e. The molecule has 4 aromatic rings. The summed E-state index contributed by atoms with van der Waals surface area (Å²) in [5.74, 6) is -0.0902. The molecule has 0 radical (unpaired) electrons. The number of rotatable bonds is 6. The maximum Gasteiger partial charge on any atom is 0.269 e. The molecule has 0 saturated carbocycles. The normalized spacial score (nSPS) is 14.2. The van der Waals surface area contributed by atoms with E-state index in [-0.39, 0.29) is 11.6 Å². The first-order chi connectivity index (χ1) is 17.5. The zero-order chi connectivity index (χ0) is 25.1. The van der Waals surface area contributed by atoms with Crippen molar-refractivity contribution < 1.29 is 9.72 Å². The highest BCUT2D eigenvalue weighted by Gasteiger charge is 2.30. The second-order valence-electron chi connectivity index (χ2n) is 8.03. The Kier molecular flexibility index (Phi) is 6.84. The van der Waals surface area contributed by atoms with Crippen LogP contribution in [0.15, 0.2) is 129 Å². The molecule has 0 bridgehead atoms. The number of anilines is 1. The second kappa shape index (κ2) is 10.4. The van der Waals surface area contributed by atoms with Crippen molar-refractivity contribution in [2.24, 2.45) is 0 Å². The molecule has 7 heteroatoms. The minimum atomic E-state index is -0.409. The van der Waals surface area contributed by atoms with E-state index in [1.165, 1.54) is 23.9 Å². The van der Waals surface area contributed by atoms with Gasteiger partial charge in [0.1, 0.15) is 0 Å². The van der Waals surface area contributed by atoms with Crippen molar-refractivity contribution in [2.75, 3.05) is 4.90 Å².